The van der Waals surface area contributed by atoms with Gasteiger partial charge in [-0.05, 0) is 12.1 Å². The Morgan fingerprint density at radius 3 is 2.84 bits per heavy atom. The van der Waals surface area contributed by atoms with Crippen molar-refractivity contribution in [3.05, 3.63) is 31.0 Å². The number of carbonyl (C=O) groups excluding carboxylic acids is 1. The van der Waals surface area contributed by atoms with Crippen LogP contribution in [0.5, 0.6) is 0 Å². The molecule has 0 aliphatic heterocycles. The predicted octanol–water partition coefficient (Wildman–Crippen LogP) is 0.599. The minimum Gasteiger partial charge on any atom is -0.324 e. The van der Waals surface area contributed by atoms with Gasteiger partial charge in [-0.1, -0.05) is 13.8 Å². The number of hydrogen-bond acceptors (Lipinski definition) is 5. The zero-order chi connectivity index (χ0) is 13.7. The van der Waals surface area contributed by atoms with Gasteiger partial charge in [0.15, 0.2) is 5.82 Å². The Labute approximate surface area is 111 Å². The summed E-state index contributed by atoms with van der Waals surface area (Å²) in [6.07, 6.45) is 4.59. The highest BCUT2D eigenvalue weighted by Gasteiger charge is 2.04. The molecule has 0 radical (unpaired) electrons. The van der Waals surface area contributed by atoms with E-state index in [4.69, 9.17) is 0 Å². The normalized spacial score (nSPS) is 10.7. The van der Waals surface area contributed by atoms with Gasteiger partial charge in [-0.3, -0.25) is 4.79 Å². The molecule has 100 valence electrons. The van der Waals surface area contributed by atoms with Gasteiger partial charge >= 0.3 is 0 Å². The lowest BCUT2D eigenvalue weighted by Crippen LogP contribution is -2.32. The number of carbonyl (C=O) groups is 1. The molecule has 7 heteroatoms. The highest BCUT2D eigenvalue weighted by Crippen LogP contribution is 2.08. The van der Waals surface area contributed by atoms with Gasteiger partial charge in [0.25, 0.3) is 0 Å². The minimum absolute atomic E-state index is 0.0935. The molecule has 0 spiro atoms. The molecule has 0 saturated carbocycles. The fourth-order valence-corrected chi connectivity index (χ4v) is 1.42. The van der Waals surface area contributed by atoms with Crippen molar-refractivity contribution in [2.24, 2.45) is 0 Å². The summed E-state index contributed by atoms with van der Waals surface area (Å²) >= 11 is 0. The summed E-state index contributed by atoms with van der Waals surface area (Å²) in [4.78, 5) is 19.6. The molecule has 2 N–H and O–H groups in total. The fraction of sp³-hybridized carbons (Fsp3) is 0.333. The number of nitrogens with one attached hydrogen (secondary N) is 2. The molecule has 0 aliphatic carbocycles. The third kappa shape index (κ3) is 3.85. The Morgan fingerprint density at radius 2 is 2.26 bits per heavy atom. The number of hydrogen-bond donors (Lipinski definition) is 2. The number of amides is 1. The lowest BCUT2D eigenvalue weighted by molar-refractivity contribution is -0.115. The van der Waals surface area contributed by atoms with E-state index < -0.39 is 0 Å². The van der Waals surface area contributed by atoms with Crippen molar-refractivity contribution in [3.8, 4) is 5.82 Å². The molecule has 7 nitrogen and oxygen atoms in total. The largest absolute Gasteiger partial charge is 0.324 e. The zero-order valence-electron chi connectivity index (χ0n) is 10.9. The van der Waals surface area contributed by atoms with Crippen LogP contribution < -0.4 is 10.6 Å². The first kappa shape index (κ1) is 13.2. The third-order valence-electron chi connectivity index (χ3n) is 2.36. The van der Waals surface area contributed by atoms with Crippen LogP contribution >= 0.6 is 0 Å². The van der Waals surface area contributed by atoms with Crippen molar-refractivity contribution in [3.63, 3.8) is 0 Å². The SMILES string of the molecule is CC(C)NCC(=O)Nc1ccc(-n2cncn2)nc1. The van der Waals surface area contributed by atoms with Crippen LogP contribution in [0.2, 0.25) is 0 Å². The monoisotopic (exact) mass is 260 g/mol. The zero-order valence-corrected chi connectivity index (χ0v) is 10.9. The van der Waals surface area contributed by atoms with Crippen LogP contribution in [0.3, 0.4) is 0 Å². The Morgan fingerprint density at radius 1 is 1.42 bits per heavy atom. The highest BCUT2D eigenvalue weighted by molar-refractivity contribution is 5.92. The number of pyridine rings is 1. The summed E-state index contributed by atoms with van der Waals surface area (Å²) in [5, 5.41) is 9.78. The summed E-state index contributed by atoms with van der Waals surface area (Å²) in [7, 11) is 0. The first-order valence-corrected chi connectivity index (χ1v) is 5.99. The van der Waals surface area contributed by atoms with Gasteiger partial charge in [-0.25, -0.2) is 14.6 Å². The van der Waals surface area contributed by atoms with Crippen molar-refractivity contribution in [1.82, 2.24) is 25.1 Å². The molecular formula is C12H16N6O. The maximum atomic E-state index is 11.6. The lowest BCUT2D eigenvalue weighted by Gasteiger charge is -2.09. The first-order valence-electron chi connectivity index (χ1n) is 5.99. The van der Waals surface area contributed by atoms with Crippen LogP contribution in [-0.4, -0.2) is 38.2 Å². The molecule has 2 heterocycles. The van der Waals surface area contributed by atoms with E-state index in [1.54, 1.807) is 29.3 Å². The molecule has 0 atom stereocenters. The Kier molecular flexibility index (Phi) is 4.19. The van der Waals surface area contributed by atoms with Crippen LogP contribution in [0.15, 0.2) is 31.0 Å². The molecule has 1 amide bonds. The molecule has 2 rings (SSSR count). The standard InChI is InChI=1S/C12H16N6O/c1-9(2)14-6-12(19)17-10-3-4-11(15-5-10)18-8-13-7-16-18/h3-5,7-9,14H,6H2,1-2H3,(H,17,19). The van der Waals surface area contributed by atoms with E-state index in [2.05, 4.69) is 25.7 Å². The Bertz CT molecular complexity index is 520. The van der Waals surface area contributed by atoms with Gasteiger partial charge in [0.05, 0.1) is 18.4 Å². The van der Waals surface area contributed by atoms with Gasteiger partial charge in [0.2, 0.25) is 5.91 Å². The maximum absolute atomic E-state index is 11.6. The van der Waals surface area contributed by atoms with Crippen LogP contribution in [0, 0.1) is 0 Å². The number of anilines is 1. The van der Waals surface area contributed by atoms with Crippen LogP contribution in [-0.2, 0) is 4.79 Å². The summed E-state index contributed by atoms with van der Waals surface area (Å²) in [6, 6.07) is 3.82. The van der Waals surface area contributed by atoms with Crippen molar-refractivity contribution >= 4 is 11.6 Å². The summed E-state index contributed by atoms with van der Waals surface area (Å²) < 4.78 is 1.55. The molecule has 2 aromatic heterocycles. The fourth-order valence-electron chi connectivity index (χ4n) is 1.42. The van der Waals surface area contributed by atoms with Crippen molar-refractivity contribution in [2.45, 2.75) is 19.9 Å². The van der Waals surface area contributed by atoms with Crippen LogP contribution in [0.25, 0.3) is 5.82 Å². The molecule has 0 unspecified atom stereocenters. The molecule has 19 heavy (non-hydrogen) atoms. The average molecular weight is 260 g/mol. The van der Waals surface area contributed by atoms with E-state index in [0.717, 1.165) is 0 Å². The average Bonchev–Trinajstić information content (AvgIpc) is 2.91. The van der Waals surface area contributed by atoms with Crippen molar-refractivity contribution in [2.75, 3.05) is 11.9 Å². The van der Waals surface area contributed by atoms with Crippen molar-refractivity contribution in [1.29, 1.82) is 0 Å². The van der Waals surface area contributed by atoms with E-state index in [0.29, 0.717) is 11.5 Å². The smallest absolute Gasteiger partial charge is 0.238 e. The van der Waals surface area contributed by atoms with E-state index >= 15 is 0 Å². The van der Waals surface area contributed by atoms with Gasteiger partial charge in [-0.15, -0.1) is 0 Å². The molecule has 0 fully saturated rings. The number of nitrogens with zero attached hydrogens (tertiary/aromatic N) is 4. The quantitative estimate of drug-likeness (QED) is 0.822. The van der Waals surface area contributed by atoms with E-state index in [1.165, 1.54) is 6.33 Å². The molecule has 0 saturated heterocycles. The summed E-state index contributed by atoms with van der Waals surface area (Å²) in [5.74, 6) is 0.555. The van der Waals surface area contributed by atoms with E-state index in [1.807, 2.05) is 13.8 Å². The molecule has 2 aromatic rings. The topological polar surface area (TPSA) is 84.7 Å². The lowest BCUT2D eigenvalue weighted by atomic mass is 10.3. The predicted molar refractivity (Wildman–Crippen MR) is 70.9 cm³/mol. The molecular weight excluding hydrogens is 244 g/mol. The highest BCUT2D eigenvalue weighted by atomic mass is 16.1. The van der Waals surface area contributed by atoms with Gasteiger partial charge in [-0.2, -0.15) is 5.10 Å². The summed E-state index contributed by atoms with van der Waals surface area (Å²) in [5.41, 5.74) is 0.652. The second-order valence-corrected chi connectivity index (χ2v) is 4.33. The number of rotatable bonds is 5. The van der Waals surface area contributed by atoms with Crippen molar-refractivity contribution < 1.29 is 4.79 Å². The van der Waals surface area contributed by atoms with Crippen LogP contribution in [0.4, 0.5) is 5.69 Å². The Hall–Kier alpha value is -2.28. The second kappa shape index (κ2) is 6.05. The molecule has 0 aliphatic rings. The Balaban J connectivity index is 1.94. The van der Waals surface area contributed by atoms with Gasteiger partial charge < -0.3 is 10.6 Å². The van der Waals surface area contributed by atoms with E-state index in [9.17, 15) is 4.79 Å². The second-order valence-electron chi connectivity index (χ2n) is 4.33. The van der Waals surface area contributed by atoms with Crippen LogP contribution in [0.1, 0.15) is 13.8 Å². The first-order chi connectivity index (χ1) is 9.15. The van der Waals surface area contributed by atoms with E-state index in [-0.39, 0.29) is 18.5 Å². The van der Waals surface area contributed by atoms with Gasteiger partial charge in [0.1, 0.15) is 12.7 Å². The molecule has 0 aromatic carbocycles. The summed E-state index contributed by atoms with van der Waals surface area (Å²) in [6.45, 7) is 4.26. The molecule has 0 bridgehead atoms. The van der Waals surface area contributed by atoms with Gasteiger partial charge in [0, 0.05) is 6.04 Å². The third-order valence-corrected chi connectivity index (χ3v) is 2.36. The maximum Gasteiger partial charge on any atom is 0.238 e. The minimum atomic E-state index is -0.0935. The number of aromatic nitrogens is 4.